The van der Waals surface area contributed by atoms with Gasteiger partial charge in [-0.2, -0.15) is 13.2 Å². The van der Waals surface area contributed by atoms with Gasteiger partial charge in [0.2, 0.25) is 0 Å². The first-order valence-corrected chi connectivity index (χ1v) is 13.4. The molecule has 0 unspecified atom stereocenters. The minimum atomic E-state index is -4.72. The van der Waals surface area contributed by atoms with E-state index in [4.69, 9.17) is 4.74 Å². The number of halogens is 3. The highest BCUT2D eigenvalue weighted by molar-refractivity contribution is 6.10. The summed E-state index contributed by atoms with van der Waals surface area (Å²) in [5.41, 5.74) is 2.46. The Balaban J connectivity index is 0.000000532. The number of ether oxygens (including phenoxy) is 1. The van der Waals surface area contributed by atoms with Crippen molar-refractivity contribution in [1.82, 2.24) is 15.5 Å². The van der Waals surface area contributed by atoms with Gasteiger partial charge in [-0.3, -0.25) is 19.6 Å². The van der Waals surface area contributed by atoms with E-state index in [1.165, 1.54) is 12.7 Å². The Hall–Kier alpha value is -3.81. The summed E-state index contributed by atoms with van der Waals surface area (Å²) in [5.74, 6) is 0. The van der Waals surface area contributed by atoms with Crippen LogP contribution in [0.5, 0.6) is 0 Å². The van der Waals surface area contributed by atoms with Crippen LogP contribution in [0, 0.1) is 0 Å². The number of hydrogen-bond acceptors (Lipinski definition) is 10. The van der Waals surface area contributed by atoms with E-state index in [9.17, 15) is 22.8 Å². The van der Waals surface area contributed by atoms with E-state index in [-0.39, 0.29) is 12.6 Å². The second kappa shape index (κ2) is 20.1. The summed E-state index contributed by atoms with van der Waals surface area (Å²) in [6.45, 7) is 10.6. The molecule has 1 aromatic rings. The number of carbonyl (C=O) groups is 2. The zero-order valence-electron chi connectivity index (χ0n) is 24.7. The number of anilines is 2. The normalized spacial score (nSPS) is 15.2. The molecule has 0 atom stereocenters. The number of piperazine rings is 1. The lowest BCUT2D eigenvalue weighted by Gasteiger charge is -2.35. The highest BCUT2D eigenvalue weighted by Gasteiger charge is 2.35. The highest BCUT2D eigenvalue weighted by atomic mass is 19.4. The van der Waals surface area contributed by atoms with Crippen LogP contribution in [0.25, 0.3) is 5.57 Å². The van der Waals surface area contributed by atoms with Crippen molar-refractivity contribution >= 4 is 42.5 Å². The summed E-state index contributed by atoms with van der Waals surface area (Å²) in [6, 6.07) is 6.46. The van der Waals surface area contributed by atoms with Crippen LogP contribution in [-0.4, -0.2) is 117 Å². The first kappa shape index (κ1) is 36.2. The maximum Gasteiger partial charge on any atom is 0.417 e. The molecule has 1 fully saturated rings. The van der Waals surface area contributed by atoms with Crippen LogP contribution < -0.4 is 20.9 Å². The van der Waals surface area contributed by atoms with Crippen molar-refractivity contribution in [3.05, 3.63) is 53.4 Å². The van der Waals surface area contributed by atoms with Crippen molar-refractivity contribution in [2.24, 2.45) is 9.98 Å². The van der Waals surface area contributed by atoms with Gasteiger partial charge < -0.3 is 30.5 Å². The third-order valence-corrected chi connectivity index (χ3v) is 6.04. The zero-order chi connectivity index (χ0) is 31.4. The van der Waals surface area contributed by atoms with Gasteiger partial charge in [-0.1, -0.05) is 6.07 Å². The predicted octanol–water partition coefficient (Wildman–Crippen LogP) is 2.80. The second-order valence-corrected chi connectivity index (χ2v) is 9.01. The number of likely N-dealkylation sites (N-methyl/N-ethyl adjacent to an activating group) is 2. The number of rotatable bonds is 15. The number of carbonyl (C=O) groups excluding carboxylic acids is 2. The Morgan fingerprint density at radius 1 is 1.12 bits per heavy atom. The molecule has 0 radical (unpaired) electrons. The van der Waals surface area contributed by atoms with Crippen molar-refractivity contribution < 1.29 is 27.5 Å². The molecule has 2 rings (SSSR count). The Morgan fingerprint density at radius 3 is 2.38 bits per heavy atom. The molecule has 1 saturated heterocycles. The minimum Gasteiger partial charge on any atom is -0.393 e. The largest absolute Gasteiger partial charge is 0.417 e. The van der Waals surface area contributed by atoms with Gasteiger partial charge in [-0.15, -0.1) is 0 Å². The number of aldehydes is 2. The lowest BCUT2D eigenvalue weighted by atomic mass is 10.0. The van der Waals surface area contributed by atoms with Crippen molar-refractivity contribution in [1.29, 1.82) is 0 Å². The molecule has 0 spiro atoms. The van der Waals surface area contributed by atoms with E-state index in [1.54, 1.807) is 6.20 Å². The van der Waals surface area contributed by atoms with Gasteiger partial charge in [-0.25, -0.2) is 0 Å². The number of aliphatic imine (C=N–C) groups is 2. The van der Waals surface area contributed by atoms with Gasteiger partial charge in [0.15, 0.2) is 6.29 Å². The molecule has 0 aliphatic carbocycles. The van der Waals surface area contributed by atoms with Gasteiger partial charge in [0.25, 0.3) is 0 Å². The lowest BCUT2D eigenvalue weighted by Crippen LogP contribution is -2.44. The Kier molecular flexibility index (Phi) is 17.4. The summed E-state index contributed by atoms with van der Waals surface area (Å²) in [6.07, 6.45) is 0.0587. The van der Waals surface area contributed by atoms with Crippen LogP contribution in [0.1, 0.15) is 5.56 Å². The summed E-state index contributed by atoms with van der Waals surface area (Å²) in [4.78, 5) is 33.5. The van der Waals surface area contributed by atoms with Crippen LogP contribution in [-0.2, 0) is 14.3 Å². The van der Waals surface area contributed by atoms with Crippen LogP contribution >= 0.6 is 0 Å². The van der Waals surface area contributed by atoms with E-state index in [2.05, 4.69) is 67.7 Å². The molecule has 1 aromatic carbocycles. The number of nitrogens with one attached hydrogen (secondary N) is 3. The van der Waals surface area contributed by atoms with E-state index < -0.39 is 17.3 Å². The smallest absolute Gasteiger partial charge is 0.393 e. The van der Waals surface area contributed by atoms with Crippen LogP contribution in [0.4, 0.5) is 24.5 Å². The average molecular weight is 594 g/mol. The van der Waals surface area contributed by atoms with Gasteiger partial charge >= 0.3 is 6.18 Å². The number of hydrogen-bond donors (Lipinski definition) is 3. The molecule has 0 saturated carbocycles. The molecule has 3 N–H and O–H groups in total. The van der Waals surface area contributed by atoms with E-state index in [0.29, 0.717) is 25.8 Å². The SMILES string of the molecule is C=N/C=C(\C=NCCOCCNC)c1ccc(N2CCN(C)CC2)c(NC)c1.CN/C=C(C=O)\C(=C/C=O)C(F)(F)F. The first-order chi connectivity index (χ1) is 20.2. The maximum atomic E-state index is 12.2. The Morgan fingerprint density at radius 2 is 1.83 bits per heavy atom. The first-order valence-electron chi connectivity index (χ1n) is 13.4. The monoisotopic (exact) mass is 593 g/mol. The van der Waals surface area contributed by atoms with Gasteiger partial charge in [-0.05, 0) is 44.6 Å². The fraction of sp³-hybridized carbons (Fsp3) is 0.448. The topological polar surface area (TPSA) is 111 Å². The van der Waals surface area contributed by atoms with Gasteiger partial charge in [0.1, 0.15) is 6.29 Å². The van der Waals surface area contributed by atoms with Crippen LogP contribution in [0.2, 0.25) is 0 Å². The molecule has 0 bridgehead atoms. The molecule has 1 aliphatic rings. The summed E-state index contributed by atoms with van der Waals surface area (Å²) >= 11 is 0. The molecule has 0 amide bonds. The summed E-state index contributed by atoms with van der Waals surface area (Å²) < 4.78 is 42.1. The highest BCUT2D eigenvalue weighted by Crippen LogP contribution is 2.31. The Bertz CT molecular complexity index is 1110. The summed E-state index contributed by atoms with van der Waals surface area (Å²) in [7, 11) is 7.39. The summed E-state index contributed by atoms with van der Waals surface area (Å²) in [5, 5.41) is 8.67. The van der Waals surface area contributed by atoms with E-state index >= 15 is 0 Å². The lowest BCUT2D eigenvalue weighted by molar-refractivity contribution is -0.109. The standard InChI is InChI=1S/C21H34N6O.C8H8F3NO2/c1-22-7-13-28-14-8-25-17-19(16-23-2)18-5-6-21(20(15-18)24-3)27-11-9-26(4)10-12-27;1-12-4-6(5-14)7(2-3-13)8(9,10)11/h5-6,15-17,22,24H,2,7-14H2,1,3-4H3;2-5,12H,1H3/b19-16+,25-17?;6-4-,7-2+. The van der Waals surface area contributed by atoms with Gasteiger partial charge in [0, 0.05) is 76.6 Å². The van der Waals surface area contributed by atoms with Crippen molar-refractivity contribution in [2.45, 2.75) is 6.18 Å². The van der Waals surface area contributed by atoms with Crippen LogP contribution in [0.15, 0.2) is 57.8 Å². The van der Waals surface area contributed by atoms with Crippen molar-refractivity contribution in [3.63, 3.8) is 0 Å². The molecule has 10 nitrogen and oxygen atoms in total. The maximum absolute atomic E-state index is 12.2. The quantitative estimate of drug-likeness (QED) is 0.0937. The number of benzene rings is 1. The predicted molar refractivity (Wildman–Crippen MR) is 165 cm³/mol. The zero-order valence-corrected chi connectivity index (χ0v) is 24.7. The average Bonchev–Trinajstić information content (AvgIpc) is 2.98. The van der Waals surface area contributed by atoms with Crippen molar-refractivity contribution in [3.8, 4) is 0 Å². The van der Waals surface area contributed by atoms with E-state index in [1.807, 2.05) is 20.3 Å². The number of nitrogens with zero attached hydrogens (tertiary/aromatic N) is 4. The fourth-order valence-corrected chi connectivity index (χ4v) is 3.83. The van der Waals surface area contributed by atoms with Gasteiger partial charge in [0.05, 0.1) is 36.7 Å². The molecule has 232 valence electrons. The molecule has 1 aliphatic heterocycles. The third-order valence-electron chi connectivity index (χ3n) is 6.04. The molecule has 42 heavy (non-hydrogen) atoms. The Labute approximate surface area is 246 Å². The number of allylic oxidation sites excluding steroid dienone is 4. The molecular formula is C29H42F3N7O3. The van der Waals surface area contributed by atoms with Crippen LogP contribution in [0.3, 0.4) is 0 Å². The minimum absolute atomic E-state index is 0.0180. The van der Waals surface area contributed by atoms with Crippen molar-refractivity contribution in [2.75, 3.05) is 90.9 Å². The third kappa shape index (κ3) is 12.8. The molecule has 13 heteroatoms. The molecule has 1 heterocycles. The second-order valence-electron chi connectivity index (χ2n) is 9.01. The molecular weight excluding hydrogens is 551 g/mol. The fourth-order valence-electron chi connectivity index (χ4n) is 3.83. The van der Waals surface area contributed by atoms with E-state index in [0.717, 1.165) is 55.7 Å². The number of alkyl halides is 3. The molecule has 0 aromatic heterocycles.